The summed E-state index contributed by atoms with van der Waals surface area (Å²) in [6, 6.07) is 11.1. The van der Waals surface area contributed by atoms with E-state index in [1.807, 2.05) is 23.4 Å². The van der Waals surface area contributed by atoms with Gasteiger partial charge in [0, 0.05) is 30.9 Å². The van der Waals surface area contributed by atoms with E-state index >= 15 is 0 Å². The lowest BCUT2D eigenvalue weighted by Gasteiger charge is -2.48. The molecule has 4 rings (SSSR count). The van der Waals surface area contributed by atoms with E-state index in [9.17, 15) is 4.79 Å². The van der Waals surface area contributed by atoms with Crippen molar-refractivity contribution in [3.8, 4) is 0 Å². The highest BCUT2D eigenvalue weighted by Crippen LogP contribution is 2.29. The molecule has 1 amide bonds. The van der Waals surface area contributed by atoms with Crippen molar-refractivity contribution in [3.05, 3.63) is 52.0 Å². The molecule has 2 saturated heterocycles. The van der Waals surface area contributed by atoms with Gasteiger partial charge in [-0.25, -0.2) is 4.98 Å². The first-order valence-electron chi connectivity index (χ1n) is 9.27. The predicted molar refractivity (Wildman–Crippen MR) is 102 cm³/mol. The van der Waals surface area contributed by atoms with Gasteiger partial charge >= 0.3 is 0 Å². The SMILES string of the molecule is Cc1ncsc1CCC(=O)N1CCN2[C@@H](COC[C@@H]2c2ccccc2)C1. The highest BCUT2D eigenvalue weighted by atomic mass is 32.1. The largest absolute Gasteiger partial charge is 0.378 e. The molecule has 1 aromatic carbocycles. The van der Waals surface area contributed by atoms with Crippen molar-refractivity contribution in [2.45, 2.75) is 31.8 Å². The van der Waals surface area contributed by atoms with Crippen LogP contribution in [-0.2, 0) is 16.0 Å². The number of rotatable bonds is 4. The number of aryl methyl sites for hydroxylation is 2. The number of hydrogen-bond donors (Lipinski definition) is 0. The van der Waals surface area contributed by atoms with Crippen molar-refractivity contribution in [2.75, 3.05) is 32.8 Å². The molecule has 2 atom stereocenters. The normalized spacial score (nSPS) is 23.7. The van der Waals surface area contributed by atoms with E-state index in [0.717, 1.165) is 38.4 Å². The average Bonchev–Trinajstić information content (AvgIpc) is 3.10. The zero-order chi connectivity index (χ0) is 17.9. The summed E-state index contributed by atoms with van der Waals surface area (Å²) in [6.45, 7) is 5.95. The van der Waals surface area contributed by atoms with Crippen molar-refractivity contribution >= 4 is 17.2 Å². The van der Waals surface area contributed by atoms with E-state index < -0.39 is 0 Å². The molecule has 138 valence electrons. The van der Waals surface area contributed by atoms with Gasteiger partial charge < -0.3 is 9.64 Å². The minimum absolute atomic E-state index is 0.249. The van der Waals surface area contributed by atoms with Crippen LogP contribution in [0.15, 0.2) is 35.8 Å². The van der Waals surface area contributed by atoms with Crippen molar-refractivity contribution in [1.82, 2.24) is 14.8 Å². The van der Waals surface area contributed by atoms with Crippen molar-refractivity contribution in [2.24, 2.45) is 0 Å². The fourth-order valence-electron chi connectivity index (χ4n) is 3.97. The number of carbonyl (C=O) groups excluding carboxylic acids is 1. The van der Waals surface area contributed by atoms with E-state index in [4.69, 9.17) is 4.74 Å². The summed E-state index contributed by atoms with van der Waals surface area (Å²) in [7, 11) is 0. The highest BCUT2D eigenvalue weighted by molar-refractivity contribution is 7.09. The minimum Gasteiger partial charge on any atom is -0.378 e. The predicted octanol–water partition coefficient (Wildman–Crippen LogP) is 2.67. The number of hydrogen-bond acceptors (Lipinski definition) is 5. The molecular formula is C20H25N3O2S. The molecule has 0 N–H and O–H groups in total. The molecule has 0 radical (unpaired) electrons. The number of fused-ring (bicyclic) bond motifs is 1. The Balaban J connectivity index is 1.37. The van der Waals surface area contributed by atoms with Gasteiger partial charge in [0.05, 0.1) is 36.5 Å². The fraction of sp³-hybridized carbons (Fsp3) is 0.500. The second-order valence-electron chi connectivity index (χ2n) is 7.06. The summed E-state index contributed by atoms with van der Waals surface area (Å²) in [5.74, 6) is 0.249. The zero-order valence-electron chi connectivity index (χ0n) is 15.1. The van der Waals surface area contributed by atoms with Crippen molar-refractivity contribution in [3.63, 3.8) is 0 Å². The van der Waals surface area contributed by atoms with Crippen LogP contribution in [0.25, 0.3) is 0 Å². The molecule has 1 aromatic heterocycles. The molecule has 2 aliphatic heterocycles. The van der Waals surface area contributed by atoms with Crippen molar-refractivity contribution in [1.29, 1.82) is 0 Å². The molecule has 26 heavy (non-hydrogen) atoms. The highest BCUT2D eigenvalue weighted by Gasteiger charge is 2.37. The lowest BCUT2D eigenvalue weighted by molar-refractivity contribution is -0.139. The summed E-state index contributed by atoms with van der Waals surface area (Å²) < 4.78 is 5.88. The Kier molecular flexibility index (Phi) is 5.33. The number of ether oxygens (including phenoxy) is 1. The Morgan fingerprint density at radius 2 is 2.12 bits per heavy atom. The molecule has 0 unspecified atom stereocenters. The monoisotopic (exact) mass is 371 g/mol. The number of amides is 1. The van der Waals surface area contributed by atoms with Gasteiger partial charge in [-0.2, -0.15) is 0 Å². The van der Waals surface area contributed by atoms with Crippen LogP contribution in [0.4, 0.5) is 0 Å². The fourth-order valence-corrected chi connectivity index (χ4v) is 4.75. The molecule has 2 aromatic rings. The Morgan fingerprint density at radius 3 is 2.88 bits per heavy atom. The van der Waals surface area contributed by atoms with Gasteiger partial charge in [-0.1, -0.05) is 30.3 Å². The third-order valence-corrected chi connectivity index (χ3v) is 6.46. The van der Waals surface area contributed by atoms with Gasteiger partial charge in [-0.15, -0.1) is 11.3 Å². The average molecular weight is 372 g/mol. The first-order valence-corrected chi connectivity index (χ1v) is 10.2. The van der Waals surface area contributed by atoms with E-state index in [0.29, 0.717) is 19.1 Å². The summed E-state index contributed by atoms with van der Waals surface area (Å²) in [4.78, 5) is 22.7. The molecule has 0 saturated carbocycles. The zero-order valence-corrected chi connectivity index (χ0v) is 16.0. The van der Waals surface area contributed by atoms with Gasteiger partial charge in [0.2, 0.25) is 5.91 Å². The molecule has 3 heterocycles. The first kappa shape index (κ1) is 17.6. The van der Waals surface area contributed by atoms with Crippen LogP contribution < -0.4 is 0 Å². The molecule has 2 fully saturated rings. The third kappa shape index (κ3) is 3.68. The van der Waals surface area contributed by atoms with Gasteiger partial charge in [0.15, 0.2) is 0 Å². The van der Waals surface area contributed by atoms with Gasteiger partial charge in [0.25, 0.3) is 0 Å². The van der Waals surface area contributed by atoms with Crippen LogP contribution in [0.5, 0.6) is 0 Å². The maximum absolute atomic E-state index is 12.7. The first-order chi connectivity index (χ1) is 12.7. The quantitative estimate of drug-likeness (QED) is 0.829. The molecule has 0 spiro atoms. The van der Waals surface area contributed by atoms with E-state index in [1.54, 1.807) is 11.3 Å². The van der Waals surface area contributed by atoms with Crippen LogP contribution >= 0.6 is 11.3 Å². The Hall–Kier alpha value is -1.76. The lowest BCUT2D eigenvalue weighted by atomic mass is 10.00. The topological polar surface area (TPSA) is 45.7 Å². The third-order valence-electron chi connectivity index (χ3n) is 5.46. The van der Waals surface area contributed by atoms with Gasteiger partial charge in [-0.05, 0) is 18.9 Å². The minimum atomic E-state index is 0.249. The Bertz CT molecular complexity index is 749. The van der Waals surface area contributed by atoms with Crippen LogP contribution in [0.2, 0.25) is 0 Å². The summed E-state index contributed by atoms with van der Waals surface area (Å²) >= 11 is 1.64. The molecular weight excluding hydrogens is 346 g/mol. The summed E-state index contributed by atoms with van der Waals surface area (Å²) in [6.07, 6.45) is 1.36. The van der Waals surface area contributed by atoms with Crippen LogP contribution in [0.3, 0.4) is 0 Å². The van der Waals surface area contributed by atoms with Gasteiger partial charge in [-0.3, -0.25) is 9.69 Å². The number of aromatic nitrogens is 1. The molecule has 0 bridgehead atoms. The molecule has 6 heteroatoms. The number of piperazine rings is 1. The van der Waals surface area contributed by atoms with Gasteiger partial charge in [0.1, 0.15) is 0 Å². The summed E-state index contributed by atoms with van der Waals surface area (Å²) in [5, 5.41) is 0. The van der Waals surface area contributed by atoms with E-state index in [1.165, 1.54) is 10.4 Å². The number of thiazole rings is 1. The summed E-state index contributed by atoms with van der Waals surface area (Å²) in [5.41, 5.74) is 4.22. The maximum Gasteiger partial charge on any atom is 0.223 e. The molecule has 2 aliphatic rings. The van der Waals surface area contributed by atoms with E-state index in [2.05, 4.69) is 34.1 Å². The second kappa shape index (κ2) is 7.86. The Morgan fingerprint density at radius 1 is 1.27 bits per heavy atom. The standard InChI is InChI=1S/C20H25N3O2S/c1-15-19(26-14-21-15)7-8-20(24)22-9-10-23-17(11-22)12-25-13-18(23)16-5-3-2-4-6-16/h2-6,14,17-18H,7-13H2,1H3/t17-,18-/m1/s1. The number of morpholine rings is 1. The maximum atomic E-state index is 12.7. The van der Waals surface area contributed by atoms with Crippen LogP contribution in [-0.4, -0.2) is 59.6 Å². The number of nitrogens with zero attached hydrogens (tertiary/aromatic N) is 3. The lowest BCUT2D eigenvalue weighted by Crippen LogP contribution is -2.60. The van der Waals surface area contributed by atoms with Crippen molar-refractivity contribution < 1.29 is 9.53 Å². The number of benzene rings is 1. The molecule has 0 aliphatic carbocycles. The van der Waals surface area contributed by atoms with Crippen LogP contribution in [0, 0.1) is 6.92 Å². The second-order valence-corrected chi connectivity index (χ2v) is 8.00. The van der Waals surface area contributed by atoms with E-state index in [-0.39, 0.29) is 11.9 Å². The van der Waals surface area contributed by atoms with Crippen LogP contribution in [0.1, 0.15) is 28.6 Å². The number of carbonyl (C=O) groups is 1. The smallest absolute Gasteiger partial charge is 0.223 e. The Labute approximate surface area is 158 Å². The molecule has 5 nitrogen and oxygen atoms in total.